The Kier molecular flexibility index (Phi) is 6.18. The standard InChI is InChI=1S/C46H31N3/c1-2-15-37(16-3-1)49-44-20-9-8-19-42(44)43-26-23-34-27-28-47(45(34)46(43)49)38-17-10-18-39(31-38)48(40-24-21-32-11-4-6-13-35(32)29-40)41-25-22-33-12-5-7-14-36(33)30-41/h1-31H. The molecule has 0 bridgehead atoms. The van der Waals surface area contributed by atoms with Crippen LogP contribution in [0.3, 0.4) is 0 Å². The number of hydrogen-bond acceptors (Lipinski definition) is 1. The summed E-state index contributed by atoms with van der Waals surface area (Å²) in [6, 6.07) is 65.8. The van der Waals surface area contributed by atoms with Crippen molar-refractivity contribution in [2.75, 3.05) is 4.90 Å². The quantitative estimate of drug-likeness (QED) is 0.185. The minimum atomic E-state index is 1.10. The number of hydrogen-bond donors (Lipinski definition) is 0. The van der Waals surface area contributed by atoms with E-state index in [2.05, 4.69) is 202 Å². The summed E-state index contributed by atoms with van der Waals surface area (Å²) in [6.45, 7) is 0. The zero-order valence-corrected chi connectivity index (χ0v) is 26.7. The molecule has 8 aromatic carbocycles. The summed E-state index contributed by atoms with van der Waals surface area (Å²) in [7, 11) is 0. The van der Waals surface area contributed by atoms with E-state index < -0.39 is 0 Å². The number of aromatic nitrogens is 2. The normalized spacial score (nSPS) is 11.7. The maximum Gasteiger partial charge on any atom is 0.0788 e. The van der Waals surface area contributed by atoms with Gasteiger partial charge in [0.15, 0.2) is 0 Å². The van der Waals surface area contributed by atoms with Crippen LogP contribution in [0.2, 0.25) is 0 Å². The zero-order chi connectivity index (χ0) is 32.3. The summed E-state index contributed by atoms with van der Waals surface area (Å²) in [5, 5.41) is 8.61. The molecule has 2 heterocycles. The Morgan fingerprint density at radius 1 is 0.347 bits per heavy atom. The predicted molar refractivity (Wildman–Crippen MR) is 207 cm³/mol. The molecule has 10 rings (SSSR count). The topological polar surface area (TPSA) is 13.1 Å². The summed E-state index contributed by atoms with van der Waals surface area (Å²) in [5.41, 5.74) is 9.21. The molecule has 0 aliphatic carbocycles. The van der Waals surface area contributed by atoms with Crippen LogP contribution in [-0.4, -0.2) is 9.13 Å². The monoisotopic (exact) mass is 625 g/mol. The molecule has 0 aliphatic heterocycles. The van der Waals surface area contributed by atoms with Crippen LogP contribution in [0.15, 0.2) is 188 Å². The van der Waals surface area contributed by atoms with E-state index in [9.17, 15) is 0 Å². The fraction of sp³-hybridized carbons (Fsp3) is 0. The fourth-order valence-corrected chi connectivity index (χ4v) is 7.59. The van der Waals surface area contributed by atoms with Gasteiger partial charge in [-0.2, -0.15) is 0 Å². The summed E-state index contributed by atoms with van der Waals surface area (Å²) in [5.74, 6) is 0. The van der Waals surface area contributed by atoms with E-state index in [4.69, 9.17) is 0 Å². The summed E-state index contributed by atoms with van der Waals surface area (Å²) < 4.78 is 4.78. The maximum atomic E-state index is 2.42. The summed E-state index contributed by atoms with van der Waals surface area (Å²) in [4.78, 5) is 2.38. The van der Waals surface area contributed by atoms with E-state index >= 15 is 0 Å². The molecule has 0 N–H and O–H groups in total. The Balaban J connectivity index is 1.21. The molecular weight excluding hydrogens is 595 g/mol. The minimum absolute atomic E-state index is 1.10. The lowest BCUT2D eigenvalue weighted by atomic mass is 10.1. The number of benzene rings is 8. The molecule has 2 aromatic heterocycles. The van der Waals surface area contributed by atoms with Gasteiger partial charge in [-0.25, -0.2) is 0 Å². The lowest BCUT2D eigenvalue weighted by molar-refractivity contribution is 1.11. The molecule has 0 fully saturated rings. The van der Waals surface area contributed by atoms with Crippen molar-refractivity contribution in [3.8, 4) is 11.4 Å². The number of fused-ring (bicyclic) bond motifs is 7. The molecule has 0 spiro atoms. The predicted octanol–water partition coefficient (Wildman–Crippen LogP) is 12.5. The van der Waals surface area contributed by atoms with Gasteiger partial charge in [-0.05, 0) is 88.3 Å². The first kappa shape index (κ1) is 27.5. The SMILES string of the molecule is c1ccc(-n2c3ccccc3c3ccc4ccn(-c5cccc(N(c6ccc7ccccc7c6)c6ccc7ccccc7c6)c5)c4c32)cc1. The van der Waals surface area contributed by atoms with Gasteiger partial charge in [-0.15, -0.1) is 0 Å². The van der Waals surface area contributed by atoms with Crippen LogP contribution in [0, 0.1) is 0 Å². The molecule has 0 saturated heterocycles. The van der Waals surface area contributed by atoms with Gasteiger partial charge >= 0.3 is 0 Å². The van der Waals surface area contributed by atoms with Gasteiger partial charge in [-0.3, -0.25) is 0 Å². The summed E-state index contributed by atoms with van der Waals surface area (Å²) in [6.07, 6.45) is 2.21. The van der Waals surface area contributed by atoms with E-state index in [-0.39, 0.29) is 0 Å². The first-order chi connectivity index (χ1) is 24.3. The highest BCUT2D eigenvalue weighted by Gasteiger charge is 2.19. The molecule has 10 aromatic rings. The van der Waals surface area contributed by atoms with Crippen molar-refractivity contribution in [1.29, 1.82) is 0 Å². The van der Waals surface area contributed by atoms with E-state index in [1.54, 1.807) is 0 Å². The van der Waals surface area contributed by atoms with Crippen molar-refractivity contribution >= 4 is 71.3 Å². The van der Waals surface area contributed by atoms with Gasteiger partial charge < -0.3 is 14.0 Å². The highest BCUT2D eigenvalue weighted by molar-refractivity contribution is 6.18. The zero-order valence-electron chi connectivity index (χ0n) is 26.7. The van der Waals surface area contributed by atoms with Gasteiger partial charge in [0.25, 0.3) is 0 Å². The van der Waals surface area contributed by atoms with Gasteiger partial charge in [0, 0.05) is 50.8 Å². The van der Waals surface area contributed by atoms with Crippen molar-refractivity contribution in [3.63, 3.8) is 0 Å². The van der Waals surface area contributed by atoms with Gasteiger partial charge in [0.1, 0.15) is 0 Å². The molecule has 0 atom stereocenters. The minimum Gasteiger partial charge on any atom is -0.315 e. The highest BCUT2D eigenvalue weighted by atomic mass is 15.1. The number of rotatable bonds is 5. The molecule has 49 heavy (non-hydrogen) atoms. The first-order valence-electron chi connectivity index (χ1n) is 16.8. The van der Waals surface area contributed by atoms with Crippen molar-refractivity contribution in [2.45, 2.75) is 0 Å². The van der Waals surface area contributed by atoms with E-state index in [1.807, 2.05) is 0 Å². The van der Waals surface area contributed by atoms with Crippen LogP contribution < -0.4 is 4.90 Å². The highest BCUT2D eigenvalue weighted by Crippen LogP contribution is 2.41. The maximum absolute atomic E-state index is 2.42. The van der Waals surface area contributed by atoms with Crippen LogP contribution >= 0.6 is 0 Å². The second-order valence-electron chi connectivity index (χ2n) is 12.7. The van der Waals surface area contributed by atoms with Crippen molar-refractivity contribution in [1.82, 2.24) is 9.13 Å². The Morgan fingerprint density at radius 2 is 0.939 bits per heavy atom. The molecule has 0 unspecified atom stereocenters. The molecule has 230 valence electrons. The Bertz CT molecular complexity index is 2760. The van der Waals surface area contributed by atoms with Crippen molar-refractivity contribution in [3.05, 3.63) is 188 Å². The van der Waals surface area contributed by atoms with Gasteiger partial charge in [-0.1, -0.05) is 115 Å². The average Bonchev–Trinajstić information content (AvgIpc) is 3.75. The lowest BCUT2D eigenvalue weighted by Gasteiger charge is -2.27. The van der Waals surface area contributed by atoms with Crippen LogP contribution in [0.25, 0.3) is 65.6 Å². The van der Waals surface area contributed by atoms with Crippen LogP contribution in [0.4, 0.5) is 17.1 Å². The second kappa shape index (κ2) is 11.0. The fourth-order valence-electron chi connectivity index (χ4n) is 7.59. The van der Waals surface area contributed by atoms with Gasteiger partial charge in [0.2, 0.25) is 0 Å². The number of anilines is 3. The molecule has 3 heteroatoms. The molecule has 0 saturated carbocycles. The molecule has 0 amide bonds. The first-order valence-corrected chi connectivity index (χ1v) is 16.8. The summed E-state index contributed by atoms with van der Waals surface area (Å²) >= 11 is 0. The largest absolute Gasteiger partial charge is 0.315 e. The van der Waals surface area contributed by atoms with Crippen LogP contribution in [-0.2, 0) is 0 Å². The molecule has 0 aliphatic rings. The van der Waals surface area contributed by atoms with E-state index in [1.165, 1.54) is 54.3 Å². The smallest absolute Gasteiger partial charge is 0.0788 e. The number of para-hydroxylation sites is 2. The lowest BCUT2D eigenvalue weighted by Crippen LogP contribution is -2.10. The Labute approximate surface area is 284 Å². The Hall–Kier alpha value is -6.58. The third-order valence-corrected chi connectivity index (χ3v) is 9.85. The van der Waals surface area contributed by atoms with E-state index in [0.717, 1.165) is 28.4 Å². The van der Waals surface area contributed by atoms with E-state index in [0.29, 0.717) is 0 Å². The third-order valence-electron chi connectivity index (χ3n) is 9.85. The average molecular weight is 626 g/mol. The van der Waals surface area contributed by atoms with Crippen molar-refractivity contribution in [2.24, 2.45) is 0 Å². The molecular formula is C46H31N3. The van der Waals surface area contributed by atoms with Crippen molar-refractivity contribution < 1.29 is 0 Å². The molecule has 3 nitrogen and oxygen atoms in total. The molecule has 0 radical (unpaired) electrons. The third kappa shape index (κ3) is 4.44. The Morgan fingerprint density at radius 3 is 1.67 bits per heavy atom. The second-order valence-corrected chi connectivity index (χ2v) is 12.7. The number of nitrogens with zero attached hydrogens (tertiary/aromatic N) is 3. The van der Waals surface area contributed by atoms with Gasteiger partial charge in [0.05, 0.1) is 16.6 Å². The van der Waals surface area contributed by atoms with Crippen LogP contribution in [0.5, 0.6) is 0 Å². The van der Waals surface area contributed by atoms with Crippen LogP contribution in [0.1, 0.15) is 0 Å².